The standard InChI is InChI=1S/C11H16ClF3N2O3/c1-19-5-3-17-10(8(12)6-16-17)9(18)2-4-20-7-11(13,14)15/h6,9,18H,2-5,7H2,1H3. The van der Waals surface area contributed by atoms with Gasteiger partial charge in [0, 0.05) is 20.1 Å². The molecule has 1 atom stereocenters. The fourth-order valence-corrected chi connectivity index (χ4v) is 1.85. The summed E-state index contributed by atoms with van der Waals surface area (Å²) in [7, 11) is 1.52. The van der Waals surface area contributed by atoms with E-state index >= 15 is 0 Å². The Morgan fingerprint density at radius 3 is 2.75 bits per heavy atom. The Bertz CT molecular complexity index is 412. The van der Waals surface area contributed by atoms with Crippen molar-refractivity contribution < 1.29 is 27.8 Å². The molecule has 0 saturated carbocycles. The number of alkyl halides is 3. The zero-order chi connectivity index (χ0) is 15.2. The van der Waals surface area contributed by atoms with Crippen molar-refractivity contribution in [3.8, 4) is 0 Å². The van der Waals surface area contributed by atoms with Crippen LogP contribution in [0.4, 0.5) is 13.2 Å². The molecular formula is C11H16ClF3N2O3. The van der Waals surface area contributed by atoms with E-state index in [0.29, 0.717) is 18.8 Å². The van der Waals surface area contributed by atoms with Gasteiger partial charge in [-0.05, 0) is 0 Å². The van der Waals surface area contributed by atoms with Gasteiger partial charge in [0.1, 0.15) is 6.61 Å². The van der Waals surface area contributed by atoms with Crippen LogP contribution in [-0.2, 0) is 16.0 Å². The number of methoxy groups -OCH3 is 1. The van der Waals surface area contributed by atoms with E-state index in [1.807, 2.05) is 0 Å². The number of hydrogen-bond donors (Lipinski definition) is 1. The van der Waals surface area contributed by atoms with E-state index in [0.717, 1.165) is 0 Å². The van der Waals surface area contributed by atoms with Gasteiger partial charge in [0.15, 0.2) is 0 Å². The van der Waals surface area contributed by atoms with Crippen molar-refractivity contribution in [1.82, 2.24) is 9.78 Å². The van der Waals surface area contributed by atoms with Crippen LogP contribution in [0.1, 0.15) is 18.2 Å². The van der Waals surface area contributed by atoms with E-state index in [9.17, 15) is 18.3 Å². The lowest BCUT2D eigenvalue weighted by atomic mass is 10.2. The molecule has 1 aromatic heterocycles. The highest BCUT2D eigenvalue weighted by molar-refractivity contribution is 6.31. The zero-order valence-electron chi connectivity index (χ0n) is 10.9. The van der Waals surface area contributed by atoms with Crippen molar-refractivity contribution in [3.63, 3.8) is 0 Å². The maximum Gasteiger partial charge on any atom is 0.411 e. The number of nitrogens with zero attached hydrogens (tertiary/aromatic N) is 2. The van der Waals surface area contributed by atoms with Crippen LogP contribution in [0.5, 0.6) is 0 Å². The number of aliphatic hydroxyl groups excluding tert-OH is 1. The molecule has 1 heterocycles. The predicted octanol–water partition coefficient (Wildman–Crippen LogP) is 2.19. The van der Waals surface area contributed by atoms with E-state index in [2.05, 4.69) is 9.84 Å². The summed E-state index contributed by atoms with van der Waals surface area (Å²) in [5.41, 5.74) is 0.347. The molecule has 0 aliphatic heterocycles. The number of aliphatic hydroxyl groups is 1. The summed E-state index contributed by atoms with van der Waals surface area (Å²) in [6.07, 6.45) is -4.06. The van der Waals surface area contributed by atoms with Gasteiger partial charge in [-0.3, -0.25) is 4.68 Å². The van der Waals surface area contributed by atoms with Crippen LogP contribution >= 0.6 is 11.6 Å². The maximum absolute atomic E-state index is 11.9. The van der Waals surface area contributed by atoms with E-state index in [4.69, 9.17) is 16.3 Å². The zero-order valence-corrected chi connectivity index (χ0v) is 11.6. The van der Waals surface area contributed by atoms with Crippen LogP contribution in [-0.4, -0.2) is 48.0 Å². The Hall–Kier alpha value is -0.830. The van der Waals surface area contributed by atoms with Gasteiger partial charge in [0.25, 0.3) is 0 Å². The number of hydrogen-bond acceptors (Lipinski definition) is 4. The highest BCUT2D eigenvalue weighted by Gasteiger charge is 2.27. The minimum Gasteiger partial charge on any atom is -0.387 e. The molecule has 9 heteroatoms. The van der Waals surface area contributed by atoms with E-state index < -0.39 is 18.9 Å². The highest BCUT2D eigenvalue weighted by Crippen LogP contribution is 2.25. The van der Waals surface area contributed by atoms with E-state index in [1.54, 1.807) is 0 Å². The Labute approximate surface area is 119 Å². The van der Waals surface area contributed by atoms with Gasteiger partial charge >= 0.3 is 6.18 Å². The molecule has 20 heavy (non-hydrogen) atoms. The second-order valence-electron chi connectivity index (χ2n) is 4.07. The first kappa shape index (κ1) is 17.2. The minimum atomic E-state index is -4.37. The van der Waals surface area contributed by atoms with Crippen LogP contribution in [0.15, 0.2) is 6.20 Å². The Balaban J connectivity index is 2.50. The quantitative estimate of drug-likeness (QED) is 0.747. The summed E-state index contributed by atoms with van der Waals surface area (Å²) in [5.74, 6) is 0. The molecule has 0 amide bonds. The molecular weight excluding hydrogens is 301 g/mol. The van der Waals surface area contributed by atoms with E-state index in [1.165, 1.54) is 18.0 Å². The van der Waals surface area contributed by atoms with Gasteiger partial charge in [0.05, 0.1) is 36.2 Å². The SMILES string of the molecule is COCCn1ncc(Cl)c1C(O)CCOCC(F)(F)F. The number of ether oxygens (including phenoxy) is 2. The molecule has 1 rings (SSSR count). The number of rotatable bonds is 8. The van der Waals surface area contributed by atoms with Crippen molar-refractivity contribution >= 4 is 11.6 Å². The van der Waals surface area contributed by atoms with Crippen LogP contribution in [0.3, 0.4) is 0 Å². The van der Waals surface area contributed by atoms with Gasteiger partial charge in [-0.25, -0.2) is 0 Å². The monoisotopic (exact) mass is 316 g/mol. The third-order valence-electron chi connectivity index (χ3n) is 2.46. The van der Waals surface area contributed by atoms with Gasteiger partial charge in [-0.1, -0.05) is 11.6 Å². The topological polar surface area (TPSA) is 56.5 Å². The molecule has 1 N–H and O–H groups in total. The van der Waals surface area contributed by atoms with Gasteiger partial charge in [-0.2, -0.15) is 18.3 Å². The van der Waals surface area contributed by atoms with Crippen molar-refractivity contribution in [1.29, 1.82) is 0 Å². The predicted molar refractivity (Wildman–Crippen MR) is 65.6 cm³/mol. The summed E-state index contributed by atoms with van der Waals surface area (Å²) >= 11 is 5.90. The molecule has 0 fully saturated rings. The first-order valence-electron chi connectivity index (χ1n) is 5.88. The summed E-state index contributed by atoms with van der Waals surface area (Å²) < 4.78 is 46.4. The molecule has 0 bridgehead atoms. The molecule has 0 radical (unpaired) electrons. The highest BCUT2D eigenvalue weighted by atomic mass is 35.5. The van der Waals surface area contributed by atoms with Crippen molar-refractivity contribution in [3.05, 3.63) is 16.9 Å². The Morgan fingerprint density at radius 1 is 1.45 bits per heavy atom. The molecule has 0 aliphatic carbocycles. The van der Waals surface area contributed by atoms with Gasteiger partial charge in [-0.15, -0.1) is 0 Å². The molecule has 0 aromatic carbocycles. The normalized spacial score (nSPS) is 13.7. The second-order valence-corrected chi connectivity index (χ2v) is 4.47. The van der Waals surface area contributed by atoms with Crippen LogP contribution in [0.2, 0.25) is 5.02 Å². The summed E-state index contributed by atoms with van der Waals surface area (Å²) in [6.45, 7) is -0.801. The molecule has 0 saturated heterocycles. The van der Waals surface area contributed by atoms with E-state index in [-0.39, 0.29) is 18.1 Å². The lowest BCUT2D eigenvalue weighted by molar-refractivity contribution is -0.175. The molecule has 5 nitrogen and oxygen atoms in total. The molecule has 1 unspecified atom stereocenters. The first-order chi connectivity index (χ1) is 9.35. The smallest absolute Gasteiger partial charge is 0.387 e. The van der Waals surface area contributed by atoms with Crippen molar-refractivity contribution in [2.45, 2.75) is 25.2 Å². The average molecular weight is 317 g/mol. The first-order valence-corrected chi connectivity index (χ1v) is 6.25. The summed E-state index contributed by atoms with van der Waals surface area (Å²) in [5, 5.41) is 14.2. The van der Waals surface area contributed by atoms with Crippen LogP contribution in [0, 0.1) is 0 Å². The third kappa shape index (κ3) is 5.66. The van der Waals surface area contributed by atoms with Crippen molar-refractivity contribution in [2.75, 3.05) is 26.9 Å². The van der Waals surface area contributed by atoms with Gasteiger partial charge in [0.2, 0.25) is 0 Å². The lowest BCUT2D eigenvalue weighted by Crippen LogP contribution is -2.19. The average Bonchev–Trinajstić information content (AvgIpc) is 2.72. The third-order valence-corrected chi connectivity index (χ3v) is 2.75. The largest absolute Gasteiger partial charge is 0.411 e. The number of halogens is 4. The second kappa shape index (κ2) is 7.82. The molecule has 0 aliphatic rings. The minimum absolute atomic E-state index is 0.00548. The lowest BCUT2D eigenvalue weighted by Gasteiger charge is -2.14. The van der Waals surface area contributed by atoms with Gasteiger partial charge < -0.3 is 14.6 Å². The number of aromatic nitrogens is 2. The fourth-order valence-electron chi connectivity index (χ4n) is 1.58. The molecule has 0 spiro atoms. The molecule has 116 valence electrons. The summed E-state index contributed by atoms with van der Waals surface area (Å²) in [6, 6.07) is 0. The van der Waals surface area contributed by atoms with Crippen LogP contribution < -0.4 is 0 Å². The van der Waals surface area contributed by atoms with Crippen molar-refractivity contribution in [2.24, 2.45) is 0 Å². The van der Waals surface area contributed by atoms with Crippen LogP contribution in [0.25, 0.3) is 0 Å². The maximum atomic E-state index is 11.9. The fraction of sp³-hybridized carbons (Fsp3) is 0.727. The summed E-state index contributed by atoms with van der Waals surface area (Å²) in [4.78, 5) is 0. The molecule has 1 aromatic rings. The Morgan fingerprint density at radius 2 is 2.15 bits per heavy atom. The Kier molecular flexibility index (Phi) is 6.74.